The van der Waals surface area contributed by atoms with Crippen molar-refractivity contribution in [3.8, 4) is 5.88 Å². The lowest BCUT2D eigenvalue weighted by atomic mass is 9.97. The maximum atomic E-state index is 13.3. The highest BCUT2D eigenvalue weighted by atomic mass is 32.2. The largest absolute Gasteiger partial charge is 0.474 e. The summed E-state index contributed by atoms with van der Waals surface area (Å²) in [6.45, 7) is 0.439. The van der Waals surface area contributed by atoms with Gasteiger partial charge in [0.2, 0.25) is 21.8 Å². The second kappa shape index (κ2) is 10.5. The number of pyridine rings is 1. The van der Waals surface area contributed by atoms with Crippen LogP contribution < -0.4 is 10.1 Å². The highest BCUT2D eigenvalue weighted by Crippen LogP contribution is 2.36. The molecule has 0 atom stereocenters. The quantitative estimate of drug-likeness (QED) is 0.575. The number of alkyl halides is 3. The predicted molar refractivity (Wildman–Crippen MR) is 113 cm³/mol. The number of rotatable bonds is 8. The molecule has 0 radical (unpaired) electrons. The van der Waals surface area contributed by atoms with Crippen LogP contribution in [0.2, 0.25) is 0 Å². The van der Waals surface area contributed by atoms with E-state index < -0.39 is 32.6 Å². The van der Waals surface area contributed by atoms with E-state index in [1.165, 1.54) is 19.4 Å². The van der Waals surface area contributed by atoms with Gasteiger partial charge in [-0.1, -0.05) is 12.1 Å². The van der Waals surface area contributed by atoms with Crippen LogP contribution in [0, 0.1) is 5.92 Å². The number of methoxy groups -OCH3 is 1. The first-order valence-electron chi connectivity index (χ1n) is 10.2. The van der Waals surface area contributed by atoms with Crippen molar-refractivity contribution in [2.45, 2.75) is 23.9 Å². The maximum absolute atomic E-state index is 13.3. The van der Waals surface area contributed by atoms with E-state index in [0.29, 0.717) is 12.3 Å². The van der Waals surface area contributed by atoms with Crippen molar-refractivity contribution in [2.24, 2.45) is 5.92 Å². The van der Waals surface area contributed by atoms with Gasteiger partial charge >= 0.3 is 6.18 Å². The van der Waals surface area contributed by atoms with Gasteiger partial charge in [-0.2, -0.15) is 17.5 Å². The van der Waals surface area contributed by atoms with E-state index in [9.17, 15) is 26.4 Å². The molecule has 8 nitrogen and oxygen atoms in total. The predicted octanol–water partition coefficient (Wildman–Crippen LogP) is 3.17. The van der Waals surface area contributed by atoms with E-state index in [2.05, 4.69) is 10.3 Å². The van der Waals surface area contributed by atoms with Gasteiger partial charge in [-0.15, -0.1) is 0 Å². The number of nitrogens with one attached hydrogen (secondary N) is 1. The zero-order chi connectivity index (χ0) is 24.1. The lowest BCUT2D eigenvalue weighted by Gasteiger charge is -2.31. The fourth-order valence-corrected chi connectivity index (χ4v) is 5.16. The molecule has 1 amide bonds. The summed E-state index contributed by atoms with van der Waals surface area (Å²) in [6.07, 6.45) is -2.95. The lowest BCUT2D eigenvalue weighted by Crippen LogP contribution is -2.41. The van der Waals surface area contributed by atoms with E-state index in [1.54, 1.807) is 12.1 Å². The van der Waals surface area contributed by atoms with Crippen molar-refractivity contribution in [2.75, 3.05) is 38.7 Å². The number of carbonyl (C=O) groups excluding carboxylic acids is 1. The Labute approximate surface area is 189 Å². The molecule has 1 aliphatic heterocycles. The number of hydrogen-bond acceptors (Lipinski definition) is 6. The molecule has 0 saturated carbocycles. The third-order valence-corrected chi connectivity index (χ3v) is 7.15. The molecule has 3 rings (SSSR count). The molecular weight excluding hydrogens is 463 g/mol. The molecule has 1 fully saturated rings. The molecule has 1 aromatic heterocycles. The number of aromatic nitrogens is 1. The van der Waals surface area contributed by atoms with Crippen LogP contribution >= 0.6 is 0 Å². The SMILES string of the molecule is COCCOc1ncccc1NC(=O)C1CCN(S(=O)(=O)c2ccccc2C(F)(F)F)CC1. The number of carbonyl (C=O) groups is 1. The monoisotopic (exact) mass is 487 g/mol. The number of amides is 1. The molecule has 1 N–H and O–H groups in total. The Hall–Kier alpha value is -2.70. The minimum atomic E-state index is -4.80. The number of benzene rings is 1. The van der Waals surface area contributed by atoms with Gasteiger partial charge < -0.3 is 14.8 Å². The molecule has 1 aromatic carbocycles. The second-order valence-corrected chi connectivity index (χ2v) is 9.27. The van der Waals surface area contributed by atoms with Crippen molar-refractivity contribution in [3.05, 3.63) is 48.2 Å². The molecule has 0 unspecified atom stereocenters. The fraction of sp³-hybridized carbons (Fsp3) is 0.429. The van der Waals surface area contributed by atoms with Crippen LogP contribution in [0.5, 0.6) is 5.88 Å². The lowest BCUT2D eigenvalue weighted by molar-refractivity contribution is -0.139. The third kappa shape index (κ3) is 6.01. The van der Waals surface area contributed by atoms with Crippen LogP contribution in [0.4, 0.5) is 18.9 Å². The molecule has 0 spiro atoms. The summed E-state index contributed by atoms with van der Waals surface area (Å²) >= 11 is 0. The molecule has 12 heteroatoms. The standard InChI is InChI=1S/C21H24F3N3O5S/c1-31-13-14-32-20-17(6-4-10-25-20)26-19(28)15-8-11-27(12-9-15)33(29,30)18-7-3-2-5-16(18)21(22,23)24/h2-7,10,15H,8-9,11-14H2,1H3,(H,26,28). The van der Waals surface area contributed by atoms with Crippen molar-refractivity contribution in [1.82, 2.24) is 9.29 Å². The van der Waals surface area contributed by atoms with E-state index in [1.807, 2.05) is 0 Å². The summed E-state index contributed by atoms with van der Waals surface area (Å²) in [7, 11) is -2.84. The van der Waals surface area contributed by atoms with E-state index in [0.717, 1.165) is 22.5 Å². The summed E-state index contributed by atoms with van der Waals surface area (Å²) in [5.74, 6) is -0.625. The molecule has 0 bridgehead atoms. The Morgan fingerprint density at radius 2 is 1.85 bits per heavy atom. The van der Waals surface area contributed by atoms with E-state index >= 15 is 0 Å². The topological polar surface area (TPSA) is 97.8 Å². The zero-order valence-corrected chi connectivity index (χ0v) is 18.7. The Balaban J connectivity index is 1.66. The number of anilines is 1. The van der Waals surface area contributed by atoms with Gasteiger partial charge in [0.05, 0.1) is 17.1 Å². The number of ether oxygens (including phenoxy) is 2. The van der Waals surface area contributed by atoms with Gasteiger partial charge in [-0.3, -0.25) is 4.79 Å². The highest BCUT2D eigenvalue weighted by Gasteiger charge is 2.40. The number of nitrogens with zero attached hydrogens (tertiary/aromatic N) is 2. The Bertz CT molecular complexity index is 1070. The van der Waals surface area contributed by atoms with Gasteiger partial charge in [0.15, 0.2) is 0 Å². The first-order chi connectivity index (χ1) is 15.6. The highest BCUT2D eigenvalue weighted by molar-refractivity contribution is 7.89. The summed E-state index contributed by atoms with van der Waals surface area (Å²) in [4.78, 5) is 16.0. The Kier molecular flexibility index (Phi) is 7.92. The maximum Gasteiger partial charge on any atom is 0.417 e. The van der Waals surface area contributed by atoms with Crippen LogP contribution in [0.25, 0.3) is 0 Å². The Morgan fingerprint density at radius 3 is 2.52 bits per heavy atom. The van der Waals surface area contributed by atoms with Crippen LogP contribution in [0.1, 0.15) is 18.4 Å². The van der Waals surface area contributed by atoms with Crippen molar-refractivity contribution >= 4 is 21.6 Å². The first-order valence-corrected chi connectivity index (χ1v) is 11.6. The van der Waals surface area contributed by atoms with Gasteiger partial charge in [-0.25, -0.2) is 13.4 Å². The van der Waals surface area contributed by atoms with Crippen LogP contribution in [0.15, 0.2) is 47.5 Å². The van der Waals surface area contributed by atoms with Crippen LogP contribution in [-0.4, -0.2) is 57.0 Å². The van der Waals surface area contributed by atoms with Crippen molar-refractivity contribution in [3.63, 3.8) is 0 Å². The number of halogens is 3. The van der Waals surface area contributed by atoms with Gasteiger partial charge in [0.25, 0.3) is 0 Å². The molecule has 180 valence electrons. The van der Waals surface area contributed by atoms with Gasteiger partial charge in [0.1, 0.15) is 12.3 Å². The summed E-state index contributed by atoms with van der Waals surface area (Å²) in [5.41, 5.74) is -0.838. The number of piperidine rings is 1. The molecule has 33 heavy (non-hydrogen) atoms. The smallest absolute Gasteiger partial charge is 0.417 e. The molecule has 1 aliphatic rings. The minimum Gasteiger partial charge on any atom is -0.474 e. The average Bonchev–Trinajstić information content (AvgIpc) is 2.80. The summed E-state index contributed by atoms with van der Waals surface area (Å²) < 4.78 is 77.0. The van der Waals surface area contributed by atoms with Crippen LogP contribution in [-0.2, 0) is 25.7 Å². The van der Waals surface area contributed by atoms with Crippen molar-refractivity contribution < 1.29 is 35.9 Å². The fourth-order valence-electron chi connectivity index (χ4n) is 3.48. The van der Waals surface area contributed by atoms with Gasteiger partial charge in [0, 0.05) is 32.3 Å². The molecule has 2 heterocycles. The average molecular weight is 488 g/mol. The number of sulfonamides is 1. The summed E-state index contributed by atoms with van der Waals surface area (Å²) in [6, 6.07) is 7.34. The first kappa shape index (κ1) is 24.9. The van der Waals surface area contributed by atoms with E-state index in [-0.39, 0.29) is 44.3 Å². The minimum absolute atomic E-state index is 0.0726. The normalized spacial score (nSPS) is 15.9. The Morgan fingerprint density at radius 1 is 1.15 bits per heavy atom. The van der Waals surface area contributed by atoms with Gasteiger partial charge in [-0.05, 0) is 37.1 Å². The third-order valence-electron chi connectivity index (χ3n) is 5.19. The molecule has 0 aliphatic carbocycles. The molecule has 1 saturated heterocycles. The van der Waals surface area contributed by atoms with Crippen LogP contribution in [0.3, 0.4) is 0 Å². The molecular formula is C21H24F3N3O5S. The second-order valence-electron chi connectivity index (χ2n) is 7.36. The van der Waals surface area contributed by atoms with Crippen molar-refractivity contribution in [1.29, 1.82) is 0 Å². The number of hydrogen-bond donors (Lipinski definition) is 1. The zero-order valence-electron chi connectivity index (χ0n) is 17.8. The molecule has 2 aromatic rings. The van der Waals surface area contributed by atoms with E-state index in [4.69, 9.17) is 9.47 Å². The summed E-state index contributed by atoms with van der Waals surface area (Å²) in [5, 5.41) is 2.74.